The van der Waals surface area contributed by atoms with Gasteiger partial charge in [0.1, 0.15) is 0 Å². The van der Waals surface area contributed by atoms with Crippen LogP contribution in [0.5, 0.6) is 0 Å². The lowest BCUT2D eigenvalue weighted by molar-refractivity contribution is 0.136. The lowest BCUT2D eigenvalue weighted by Crippen LogP contribution is -2.51. The van der Waals surface area contributed by atoms with Crippen LogP contribution in [-0.2, 0) is 0 Å². The molecule has 0 aromatic heterocycles. The Hall–Kier alpha value is -0.120. The van der Waals surface area contributed by atoms with Gasteiger partial charge in [-0.05, 0) is 72.6 Å². The van der Waals surface area contributed by atoms with E-state index in [0.717, 1.165) is 18.0 Å². The van der Waals surface area contributed by atoms with E-state index in [0.29, 0.717) is 6.04 Å². The van der Waals surface area contributed by atoms with Crippen LogP contribution in [0.1, 0.15) is 39.5 Å². The van der Waals surface area contributed by atoms with Gasteiger partial charge in [-0.25, -0.2) is 0 Å². The summed E-state index contributed by atoms with van der Waals surface area (Å²) in [7, 11) is 4.51. The van der Waals surface area contributed by atoms with Crippen molar-refractivity contribution in [2.45, 2.75) is 57.7 Å². The van der Waals surface area contributed by atoms with Crippen molar-refractivity contribution in [2.75, 3.05) is 33.7 Å². The average Bonchev–Trinajstić information content (AvgIpc) is 2.34. The summed E-state index contributed by atoms with van der Waals surface area (Å²) in [6, 6.07) is 2.14. The summed E-state index contributed by atoms with van der Waals surface area (Å²) in [5.74, 6) is 0.846. The molecule has 18 heavy (non-hydrogen) atoms. The highest BCUT2D eigenvalue weighted by Gasteiger charge is 2.27. The molecule has 2 aliphatic heterocycles. The highest BCUT2D eigenvalue weighted by Crippen LogP contribution is 2.21. The monoisotopic (exact) mass is 253 g/mol. The van der Waals surface area contributed by atoms with E-state index in [1.54, 1.807) is 0 Å². The van der Waals surface area contributed by atoms with E-state index in [1.165, 1.54) is 45.3 Å². The normalized spacial score (nSPS) is 37.7. The molecular weight excluding hydrogens is 222 g/mol. The van der Waals surface area contributed by atoms with Gasteiger partial charge in [0.05, 0.1) is 0 Å². The van der Waals surface area contributed by atoms with Gasteiger partial charge in [-0.2, -0.15) is 0 Å². The van der Waals surface area contributed by atoms with Gasteiger partial charge in [-0.15, -0.1) is 0 Å². The van der Waals surface area contributed by atoms with Gasteiger partial charge in [-0.3, -0.25) is 0 Å². The molecule has 2 fully saturated rings. The van der Waals surface area contributed by atoms with Gasteiger partial charge in [0, 0.05) is 24.7 Å². The zero-order chi connectivity index (χ0) is 13.1. The number of hydrogen-bond donors (Lipinski definition) is 1. The predicted octanol–water partition coefficient (Wildman–Crippen LogP) is 1.79. The van der Waals surface area contributed by atoms with Crippen molar-refractivity contribution in [3.05, 3.63) is 0 Å². The van der Waals surface area contributed by atoms with Crippen LogP contribution in [0.4, 0.5) is 0 Å². The van der Waals surface area contributed by atoms with Crippen LogP contribution in [-0.4, -0.2) is 61.7 Å². The van der Waals surface area contributed by atoms with Gasteiger partial charge in [0.25, 0.3) is 0 Å². The van der Waals surface area contributed by atoms with Crippen molar-refractivity contribution in [1.82, 2.24) is 15.1 Å². The highest BCUT2D eigenvalue weighted by atomic mass is 15.2. The fourth-order valence-electron chi connectivity index (χ4n) is 3.56. The van der Waals surface area contributed by atoms with Crippen molar-refractivity contribution < 1.29 is 0 Å². The zero-order valence-electron chi connectivity index (χ0n) is 12.7. The molecule has 2 rings (SSSR count). The van der Waals surface area contributed by atoms with Gasteiger partial charge in [0.15, 0.2) is 0 Å². The summed E-state index contributed by atoms with van der Waals surface area (Å²) in [6.45, 7) is 8.56. The Balaban J connectivity index is 1.78. The second kappa shape index (κ2) is 6.36. The third-order valence-electron chi connectivity index (χ3n) is 5.07. The number of nitrogens with one attached hydrogen (secondary N) is 1. The Morgan fingerprint density at radius 2 is 1.94 bits per heavy atom. The molecule has 2 saturated heterocycles. The molecule has 1 N–H and O–H groups in total. The predicted molar refractivity (Wildman–Crippen MR) is 77.9 cm³/mol. The first-order valence-electron chi connectivity index (χ1n) is 7.71. The maximum atomic E-state index is 3.91. The number of rotatable bonds is 3. The minimum Gasteiger partial charge on any atom is -0.311 e. The van der Waals surface area contributed by atoms with Crippen LogP contribution in [0.25, 0.3) is 0 Å². The third-order valence-corrected chi connectivity index (χ3v) is 5.07. The fourth-order valence-corrected chi connectivity index (χ4v) is 3.56. The topological polar surface area (TPSA) is 18.5 Å². The molecule has 106 valence electrons. The first-order chi connectivity index (χ1) is 8.56. The Kier molecular flexibility index (Phi) is 5.05. The number of likely N-dealkylation sites (tertiary alicyclic amines) is 2. The van der Waals surface area contributed by atoms with E-state index in [4.69, 9.17) is 0 Å². The van der Waals surface area contributed by atoms with Crippen molar-refractivity contribution in [3.8, 4) is 0 Å². The molecule has 0 aromatic rings. The van der Waals surface area contributed by atoms with E-state index in [2.05, 4.69) is 43.1 Å². The van der Waals surface area contributed by atoms with Crippen LogP contribution >= 0.6 is 0 Å². The van der Waals surface area contributed by atoms with E-state index in [-0.39, 0.29) is 0 Å². The number of hydrogen-bond acceptors (Lipinski definition) is 3. The number of piperidine rings is 2. The lowest BCUT2D eigenvalue weighted by atomic mass is 9.90. The first-order valence-corrected chi connectivity index (χ1v) is 7.71. The van der Waals surface area contributed by atoms with Gasteiger partial charge < -0.3 is 15.1 Å². The van der Waals surface area contributed by atoms with Crippen LogP contribution in [0.15, 0.2) is 0 Å². The molecule has 3 heteroatoms. The molecule has 2 heterocycles. The number of nitrogens with zero attached hydrogens (tertiary/aromatic N) is 2. The zero-order valence-corrected chi connectivity index (χ0v) is 12.7. The van der Waals surface area contributed by atoms with Crippen LogP contribution in [0.3, 0.4) is 0 Å². The van der Waals surface area contributed by atoms with Crippen molar-refractivity contribution in [1.29, 1.82) is 0 Å². The summed E-state index contributed by atoms with van der Waals surface area (Å²) in [6.07, 6.45) is 5.40. The standard InChI is InChI=1S/C15H31N3/c1-12-10-15(7-9-18(12)4)16-13(2)14-6-5-8-17(3)11-14/h12-16H,5-11H2,1-4H3. The molecule has 0 spiro atoms. The highest BCUT2D eigenvalue weighted by molar-refractivity contribution is 4.86. The average molecular weight is 253 g/mol. The molecule has 0 bridgehead atoms. The lowest BCUT2D eigenvalue weighted by Gasteiger charge is -2.40. The molecule has 0 amide bonds. The van der Waals surface area contributed by atoms with E-state index in [1.807, 2.05) is 0 Å². The van der Waals surface area contributed by atoms with Gasteiger partial charge in [-0.1, -0.05) is 0 Å². The van der Waals surface area contributed by atoms with Crippen molar-refractivity contribution in [2.24, 2.45) is 5.92 Å². The Labute approximate surface area is 113 Å². The molecule has 3 nitrogen and oxygen atoms in total. The van der Waals surface area contributed by atoms with E-state index < -0.39 is 0 Å². The van der Waals surface area contributed by atoms with Crippen molar-refractivity contribution >= 4 is 0 Å². The maximum Gasteiger partial charge on any atom is 0.00966 e. The minimum atomic E-state index is 0.674. The summed E-state index contributed by atoms with van der Waals surface area (Å²) >= 11 is 0. The smallest absolute Gasteiger partial charge is 0.00966 e. The first kappa shape index (κ1) is 14.3. The minimum absolute atomic E-state index is 0.674. The summed E-state index contributed by atoms with van der Waals surface area (Å²) in [5.41, 5.74) is 0. The Morgan fingerprint density at radius 1 is 1.17 bits per heavy atom. The fraction of sp³-hybridized carbons (Fsp3) is 1.00. The molecule has 2 aliphatic rings. The summed E-state index contributed by atoms with van der Waals surface area (Å²) in [5, 5.41) is 3.91. The third kappa shape index (κ3) is 3.69. The maximum absolute atomic E-state index is 3.91. The second-order valence-electron chi connectivity index (χ2n) is 6.67. The molecular formula is C15H31N3. The van der Waals surface area contributed by atoms with Gasteiger partial charge >= 0.3 is 0 Å². The SMILES string of the molecule is CC(NC1CCN(C)C(C)C1)C1CCCN(C)C1. The molecule has 0 aliphatic carbocycles. The second-order valence-corrected chi connectivity index (χ2v) is 6.67. The Morgan fingerprint density at radius 3 is 2.61 bits per heavy atom. The van der Waals surface area contributed by atoms with Crippen molar-refractivity contribution in [3.63, 3.8) is 0 Å². The van der Waals surface area contributed by atoms with Crippen LogP contribution in [0.2, 0.25) is 0 Å². The molecule has 0 saturated carbocycles. The van der Waals surface area contributed by atoms with E-state index >= 15 is 0 Å². The summed E-state index contributed by atoms with van der Waals surface area (Å²) in [4.78, 5) is 4.97. The van der Waals surface area contributed by atoms with Crippen LogP contribution < -0.4 is 5.32 Å². The molecule has 0 radical (unpaired) electrons. The summed E-state index contributed by atoms with van der Waals surface area (Å²) < 4.78 is 0. The largest absolute Gasteiger partial charge is 0.311 e. The van der Waals surface area contributed by atoms with E-state index in [9.17, 15) is 0 Å². The molecule has 4 atom stereocenters. The quantitative estimate of drug-likeness (QED) is 0.827. The van der Waals surface area contributed by atoms with Crippen LogP contribution in [0, 0.1) is 5.92 Å². The molecule has 0 aromatic carbocycles. The van der Waals surface area contributed by atoms with Gasteiger partial charge in [0.2, 0.25) is 0 Å². The molecule has 4 unspecified atom stereocenters. The Bertz CT molecular complexity index is 256.